The van der Waals surface area contributed by atoms with Gasteiger partial charge < -0.3 is 9.15 Å². The lowest BCUT2D eigenvalue weighted by molar-refractivity contribution is 0.0600. The normalized spacial score (nSPS) is 11.4. The lowest BCUT2D eigenvalue weighted by atomic mass is 10.1. The maximum atomic E-state index is 13.6. The van der Waals surface area contributed by atoms with E-state index in [2.05, 4.69) is 0 Å². The molecule has 3 aromatic carbocycles. The molecule has 0 atom stereocenters. The third kappa shape index (κ3) is 4.10. The van der Waals surface area contributed by atoms with E-state index < -0.39 is 21.9 Å². The summed E-state index contributed by atoms with van der Waals surface area (Å²) < 4.78 is 38.3. The zero-order chi connectivity index (χ0) is 23.8. The molecule has 0 aliphatic heterocycles. The van der Waals surface area contributed by atoms with Gasteiger partial charge >= 0.3 is 5.97 Å². The zero-order valence-electron chi connectivity index (χ0n) is 17.6. The van der Waals surface area contributed by atoms with Gasteiger partial charge in [0.15, 0.2) is 0 Å². The van der Waals surface area contributed by atoms with Gasteiger partial charge in [-0.2, -0.15) is 4.31 Å². The molecule has 4 aromatic rings. The molecule has 0 bridgehead atoms. The minimum absolute atomic E-state index is 0.0391. The van der Waals surface area contributed by atoms with Crippen LogP contribution in [0.3, 0.4) is 0 Å². The van der Waals surface area contributed by atoms with Crippen molar-refractivity contribution in [3.05, 3.63) is 94.7 Å². The predicted molar refractivity (Wildman–Crippen MR) is 124 cm³/mol. The van der Waals surface area contributed by atoms with Crippen molar-refractivity contribution in [3.63, 3.8) is 0 Å². The molecule has 1 amide bonds. The van der Waals surface area contributed by atoms with Crippen molar-refractivity contribution in [2.75, 3.05) is 11.4 Å². The van der Waals surface area contributed by atoms with E-state index in [0.717, 1.165) is 0 Å². The molecule has 0 saturated carbocycles. The van der Waals surface area contributed by atoms with Crippen molar-refractivity contribution in [3.8, 4) is 0 Å². The number of sulfonamides is 1. The van der Waals surface area contributed by atoms with E-state index in [9.17, 15) is 18.0 Å². The Hall–Kier alpha value is -3.62. The molecule has 0 aliphatic carbocycles. The number of carbonyl (C=O) groups excluding carboxylic acids is 2. The molecule has 0 aliphatic rings. The van der Waals surface area contributed by atoms with Crippen LogP contribution < -0.4 is 4.31 Å². The van der Waals surface area contributed by atoms with Gasteiger partial charge in [0, 0.05) is 16.0 Å². The number of benzene rings is 3. The highest BCUT2D eigenvalue weighted by molar-refractivity contribution is 7.93. The van der Waals surface area contributed by atoms with Gasteiger partial charge in [0.1, 0.15) is 16.9 Å². The maximum absolute atomic E-state index is 13.6. The maximum Gasteiger partial charge on any atom is 0.342 e. The first kappa shape index (κ1) is 22.6. The summed E-state index contributed by atoms with van der Waals surface area (Å²) in [5.74, 6) is -1.10. The van der Waals surface area contributed by atoms with Crippen molar-refractivity contribution in [2.45, 2.75) is 11.8 Å². The van der Waals surface area contributed by atoms with Gasteiger partial charge in [0.05, 0.1) is 17.7 Å². The Balaban J connectivity index is 1.95. The summed E-state index contributed by atoms with van der Waals surface area (Å²) in [6.45, 7) is 1.60. The van der Waals surface area contributed by atoms with Crippen molar-refractivity contribution in [1.29, 1.82) is 0 Å². The molecule has 0 spiro atoms. The molecule has 0 radical (unpaired) electrons. The highest BCUT2D eigenvalue weighted by atomic mass is 35.5. The first-order valence-electron chi connectivity index (χ1n) is 9.76. The van der Waals surface area contributed by atoms with Crippen LogP contribution in [0.2, 0.25) is 5.02 Å². The highest BCUT2D eigenvalue weighted by Crippen LogP contribution is 2.33. The number of ether oxygens (including phenoxy) is 1. The van der Waals surface area contributed by atoms with Crippen LogP contribution in [-0.4, -0.2) is 27.4 Å². The number of aryl methyl sites for hydroxylation is 1. The van der Waals surface area contributed by atoms with Crippen LogP contribution in [0.4, 0.5) is 5.69 Å². The number of carbonyl (C=O) groups is 2. The first-order chi connectivity index (χ1) is 15.7. The molecule has 0 saturated heterocycles. The van der Waals surface area contributed by atoms with E-state index in [4.69, 9.17) is 20.8 Å². The quantitative estimate of drug-likeness (QED) is 0.361. The number of halogens is 1. The fourth-order valence-corrected chi connectivity index (χ4v) is 5.02. The SMILES string of the molecule is COC(=O)c1c(C)oc2ccc(N(C(=O)c3ccc(Cl)cc3)S(=O)(=O)c3ccccc3)cc12. The Kier molecular flexibility index (Phi) is 5.97. The summed E-state index contributed by atoms with van der Waals surface area (Å²) in [5.41, 5.74) is 0.672. The van der Waals surface area contributed by atoms with Crippen molar-refractivity contribution >= 4 is 50.2 Å². The Morgan fingerprint density at radius 3 is 2.27 bits per heavy atom. The Labute approximate surface area is 195 Å². The molecule has 7 nitrogen and oxygen atoms in total. The average Bonchev–Trinajstić information content (AvgIpc) is 3.14. The topological polar surface area (TPSA) is 93.9 Å². The van der Waals surface area contributed by atoms with Crippen molar-refractivity contribution < 1.29 is 27.2 Å². The van der Waals surface area contributed by atoms with Gasteiger partial charge in [0.2, 0.25) is 0 Å². The van der Waals surface area contributed by atoms with Crippen molar-refractivity contribution in [1.82, 2.24) is 0 Å². The van der Waals surface area contributed by atoms with E-state index in [1.165, 1.54) is 61.7 Å². The van der Waals surface area contributed by atoms with Crippen LogP contribution in [0.5, 0.6) is 0 Å². The molecular formula is C24H18ClNO6S. The highest BCUT2D eigenvalue weighted by Gasteiger charge is 2.33. The molecule has 9 heteroatoms. The number of fused-ring (bicyclic) bond motifs is 1. The molecule has 168 valence electrons. The minimum Gasteiger partial charge on any atom is -0.465 e. The van der Waals surface area contributed by atoms with Gasteiger partial charge in [-0.05, 0) is 61.5 Å². The first-order valence-corrected chi connectivity index (χ1v) is 11.6. The lowest BCUT2D eigenvalue weighted by Gasteiger charge is -2.23. The fraction of sp³-hybridized carbons (Fsp3) is 0.0833. The molecule has 1 aromatic heterocycles. The molecule has 0 fully saturated rings. The third-order valence-corrected chi connectivity index (χ3v) is 7.01. The third-order valence-electron chi connectivity index (χ3n) is 5.03. The predicted octanol–water partition coefficient (Wildman–Crippen LogP) is 5.22. The van der Waals surface area contributed by atoms with Gasteiger partial charge in [-0.25, -0.2) is 13.2 Å². The van der Waals surface area contributed by atoms with Gasteiger partial charge in [0.25, 0.3) is 15.9 Å². The zero-order valence-corrected chi connectivity index (χ0v) is 19.2. The molecule has 0 N–H and O–H groups in total. The van der Waals surface area contributed by atoms with E-state index in [0.29, 0.717) is 26.1 Å². The average molecular weight is 484 g/mol. The Morgan fingerprint density at radius 1 is 0.970 bits per heavy atom. The molecular weight excluding hydrogens is 466 g/mol. The van der Waals surface area contributed by atoms with E-state index >= 15 is 0 Å². The number of amides is 1. The number of nitrogens with zero attached hydrogens (tertiary/aromatic N) is 1. The van der Waals surface area contributed by atoms with E-state index in [-0.39, 0.29) is 21.7 Å². The van der Waals surface area contributed by atoms with Gasteiger partial charge in [-0.1, -0.05) is 29.8 Å². The number of hydrogen-bond acceptors (Lipinski definition) is 6. The second-order valence-electron chi connectivity index (χ2n) is 7.10. The number of hydrogen-bond donors (Lipinski definition) is 0. The van der Waals surface area contributed by atoms with Crippen LogP contribution in [-0.2, 0) is 14.8 Å². The van der Waals surface area contributed by atoms with E-state index in [1.54, 1.807) is 25.1 Å². The number of rotatable bonds is 5. The van der Waals surface area contributed by atoms with Crippen LogP contribution in [0.25, 0.3) is 11.0 Å². The number of furan rings is 1. The minimum atomic E-state index is -4.31. The summed E-state index contributed by atoms with van der Waals surface area (Å²) in [5, 5.41) is 0.732. The summed E-state index contributed by atoms with van der Waals surface area (Å²) in [4.78, 5) is 25.7. The van der Waals surface area contributed by atoms with Gasteiger partial charge in [-0.3, -0.25) is 4.79 Å². The smallest absolute Gasteiger partial charge is 0.342 e. The van der Waals surface area contributed by atoms with Crippen LogP contribution in [0.15, 0.2) is 82.1 Å². The fourth-order valence-electron chi connectivity index (χ4n) is 3.46. The molecule has 0 unspecified atom stereocenters. The number of esters is 1. The standard InChI is InChI=1S/C24H18ClNO6S/c1-15-22(24(28)31-2)20-14-18(12-13-21(20)32-15)26(23(27)16-8-10-17(25)11-9-16)33(29,30)19-6-4-3-5-7-19/h3-14H,1-2H3. The number of anilines is 1. The van der Waals surface area contributed by atoms with Crippen LogP contribution >= 0.6 is 11.6 Å². The second kappa shape index (κ2) is 8.73. The lowest BCUT2D eigenvalue weighted by Crippen LogP contribution is -2.37. The molecule has 33 heavy (non-hydrogen) atoms. The van der Waals surface area contributed by atoms with Crippen molar-refractivity contribution in [2.24, 2.45) is 0 Å². The van der Waals surface area contributed by atoms with E-state index in [1.807, 2.05) is 0 Å². The summed E-state index contributed by atoms with van der Waals surface area (Å²) in [6.07, 6.45) is 0. The Bertz CT molecular complexity index is 1460. The monoisotopic (exact) mass is 483 g/mol. The largest absolute Gasteiger partial charge is 0.465 e. The second-order valence-corrected chi connectivity index (χ2v) is 9.32. The Morgan fingerprint density at radius 2 is 1.64 bits per heavy atom. The van der Waals surface area contributed by atoms with Crippen LogP contribution in [0, 0.1) is 6.92 Å². The summed E-state index contributed by atoms with van der Waals surface area (Å²) in [6, 6.07) is 17.9. The summed E-state index contributed by atoms with van der Waals surface area (Å²) >= 11 is 5.93. The molecule has 1 heterocycles. The van der Waals surface area contributed by atoms with Gasteiger partial charge in [-0.15, -0.1) is 0 Å². The van der Waals surface area contributed by atoms with Crippen LogP contribution in [0.1, 0.15) is 26.5 Å². The number of methoxy groups -OCH3 is 1. The summed E-state index contributed by atoms with van der Waals surface area (Å²) in [7, 11) is -3.07. The molecule has 4 rings (SSSR count).